The number of hydrogen-bond acceptors (Lipinski definition) is 3. The van der Waals surface area contributed by atoms with Crippen LogP contribution in [0.15, 0.2) is 22.7 Å². The second-order valence-electron chi connectivity index (χ2n) is 4.75. The summed E-state index contributed by atoms with van der Waals surface area (Å²) in [6.45, 7) is 2.31. The van der Waals surface area contributed by atoms with Gasteiger partial charge in [-0.3, -0.25) is 0 Å². The van der Waals surface area contributed by atoms with Crippen molar-refractivity contribution in [3.63, 3.8) is 0 Å². The van der Waals surface area contributed by atoms with Crippen LogP contribution in [0.4, 0.5) is 4.39 Å². The Morgan fingerprint density at radius 2 is 2.16 bits per heavy atom. The van der Waals surface area contributed by atoms with Crippen LogP contribution in [0.2, 0.25) is 0 Å². The van der Waals surface area contributed by atoms with E-state index in [2.05, 4.69) is 51.7 Å². The summed E-state index contributed by atoms with van der Waals surface area (Å²) in [5.41, 5.74) is 1.17. The molecule has 1 fully saturated rings. The van der Waals surface area contributed by atoms with Crippen molar-refractivity contribution >= 4 is 39.5 Å². The molecule has 1 aliphatic heterocycles. The standard InChI is InChI=1S/C14H19BrFNS2/c1-9-14(19-6-5-18-9)13(17-2)7-10-3-4-11(16)8-12(10)15/h3-4,8-9,13-14,17H,5-7H2,1-2H3. The fourth-order valence-corrected chi connectivity index (χ4v) is 5.91. The second-order valence-corrected chi connectivity index (χ2v) is 8.37. The van der Waals surface area contributed by atoms with Gasteiger partial charge in [0.05, 0.1) is 0 Å². The van der Waals surface area contributed by atoms with E-state index in [0.29, 0.717) is 16.5 Å². The summed E-state index contributed by atoms with van der Waals surface area (Å²) in [6.07, 6.45) is 0.930. The fourth-order valence-electron chi connectivity index (χ4n) is 2.40. The molecule has 1 saturated heterocycles. The van der Waals surface area contributed by atoms with Crippen LogP contribution in [0.3, 0.4) is 0 Å². The minimum absolute atomic E-state index is 0.187. The van der Waals surface area contributed by atoms with Crippen molar-refractivity contribution in [1.29, 1.82) is 0 Å². The molecule has 3 atom stereocenters. The lowest BCUT2D eigenvalue weighted by atomic mass is 10.0. The van der Waals surface area contributed by atoms with Gasteiger partial charge in [-0.1, -0.05) is 28.9 Å². The van der Waals surface area contributed by atoms with Gasteiger partial charge in [0, 0.05) is 32.5 Å². The van der Waals surface area contributed by atoms with E-state index in [1.165, 1.54) is 17.1 Å². The van der Waals surface area contributed by atoms with Crippen LogP contribution in [0, 0.1) is 5.82 Å². The number of halogens is 2. The van der Waals surface area contributed by atoms with Crippen molar-refractivity contribution in [2.24, 2.45) is 0 Å². The molecule has 0 bridgehead atoms. The molecule has 106 valence electrons. The van der Waals surface area contributed by atoms with Crippen LogP contribution in [0.25, 0.3) is 0 Å². The Balaban J connectivity index is 2.09. The average Bonchev–Trinajstić information content (AvgIpc) is 2.39. The summed E-state index contributed by atoms with van der Waals surface area (Å²) < 4.78 is 14.0. The summed E-state index contributed by atoms with van der Waals surface area (Å²) in [5.74, 6) is 2.29. The van der Waals surface area contributed by atoms with E-state index in [4.69, 9.17) is 0 Å². The number of thioether (sulfide) groups is 2. The number of nitrogens with one attached hydrogen (secondary N) is 1. The molecule has 0 spiro atoms. The SMILES string of the molecule is CNC(Cc1ccc(F)cc1Br)C1SCCSC1C. The summed E-state index contributed by atoms with van der Waals surface area (Å²) in [5, 5.41) is 4.72. The van der Waals surface area contributed by atoms with E-state index in [0.717, 1.165) is 10.9 Å². The predicted molar refractivity (Wildman–Crippen MR) is 88.8 cm³/mol. The average molecular weight is 364 g/mol. The molecule has 3 unspecified atom stereocenters. The van der Waals surface area contributed by atoms with Gasteiger partial charge in [0.25, 0.3) is 0 Å². The van der Waals surface area contributed by atoms with Gasteiger partial charge in [-0.2, -0.15) is 23.5 Å². The van der Waals surface area contributed by atoms with Gasteiger partial charge in [0.15, 0.2) is 0 Å². The molecule has 1 aliphatic rings. The Morgan fingerprint density at radius 1 is 1.42 bits per heavy atom. The Hall–Kier alpha value is 0.290. The highest BCUT2D eigenvalue weighted by molar-refractivity contribution is 9.10. The first kappa shape index (κ1) is 15.7. The molecule has 1 N–H and O–H groups in total. The minimum atomic E-state index is -0.187. The Morgan fingerprint density at radius 3 is 2.79 bits per heavy atom. The van der Waals surface area contributed by atoms with Crippen LogP contribution in [-0.4, -0.2) is 35.1 Å². The minimum Gasteiger partial charge on any atom is -0.316 e. The van der Waals surface area contributed by atoms with Crippen molar-refractivity contribution in [3.05, 3.63) is 34.1 Å². The molecule has 1 aromatic rings. The lowest BCUT2D eigenvalue weighted by molar-refractivity contribution is 0.529. The van der Waals surface area contributed by atoms with E-state index in [1.54, 1.807) is 12.1 Å². The maximum absolute atomic E-state index is 13.1. The fraction of sp³-hybridized carbons (Fsp3) is 0.571. The van der Waals surface area contributed by atoms with Crippen molar-refractivity contribution in [2.75, 3.05) is 18.6 Å². The maximum Gasteiger partial charge on any atom is 0.124 e. The molecule has 2 rings (SSSR count). The zero-order valence-electron chi connectivity index (χ0n) is 11.2. The summed E-state index contributed by atoms with van der Waals surface area (Å²) in [7, 11) is 2.02. The highest BCUT2D eigenvalue weighted by Crippen LogP contribution is 2.34. The van der Waals surface area contributed by atoms with E-state index < -0.39 is 0 Å². The first-order valence-corrected chi connectivity index (χ1v) is 9.35. The van der Waals surface area contributed by atoms with Gasteiger partial charge < -0.3 is 5.32 Å². The van der Waals surface area contributed by atoms with E-state index in [-0.39, 0.29) is 5.82 Å². The molecule has 19 heavy (non-hydrogen) atoms. The number of likely N-dealkylation sites (N-methyl/N-ethyl adjacent to an activating group) is 1. The third-order valence-electron chi connectivity index (χ3n) is 3.46. The third-order valence-corrected chi connectivity index (χ3v) is 7.45. The number of hydrogen-bond donors (Lipinski definition) is 1. The lowest BCUT2D eigenvalue weighted by Crippen LogP contribution is -2.44. The second kappa shape index (κ2) is 7.34. The highest BCUT2D eigenvalue weighted by Gasteiger charge is 2.29. The van der Waals surface area contributed by atoms with Gasteiger partial charge in [0.2, 0.25) is 0 Å². The van der Waals surface area contributed by atoms with Crippen LogP contribution in [0.1, 0.15) is 12.5 Å². The van der Waals surface area contributed by atoms with Gasteiger partial charge in [-0.15, -0.1) is 0 Å². The van der Waals surface area contributed by atoms with Crippen molar-refractivity contribution in [3.8, 4) is 0 Å². The molecular formula is C14H19BrFNS2. The zero-order chi connectivity index (χ0) is 13.8. The Bertz CT molecular complexity index is 430. The molecule has 1 aromatic carbocycles. The smallest absolute Gasteiger partial charge is 0.124 e. The normalized spacial score (nSPS) is 25.3. The van der Waals surface area contributed by atoms with Crippen LogP contribution in [-0.2, 0) is 6.42 Å². The van der Waals surface area contributed by atoms with Crippen LogP contribution in [0.5, 0.6) is 0 Å². The monoisotopic (exact) mass is 363 g/mol. The molecule has 0 aromatic heterocycles. The quantitative estimate of drug-likeness (QED) is 0.869. The zero-order valence-corrected chi connectivity index (χ0v) is 14.4. The molecule has 5 heteroatoms. The van der Waals surface area contributed by atoms with E-state index in [9.17, 15) is 4.39 Å². The molecule has 1 nitrogen and oxygen atoms in total. The molecule has 0 aliphatic carbocycles. The summed E-state index contributed by atoms with van der Waals surface area (Å²) in [4.78, 5) is 0. The third kappa shape index (κ3) is 4.13. The summed E-state index contributed by atoms with van der Waals surface area (Å²) >= 11 is 7.58. The predicted octanol–water partition coefficient (Wildman–Crippen LogP) is 3.96. The number of rotatable bonds is 4. The maximum atomic E-state index is 13.1. The van der Waals surface area contributed by atoms with Crippen molar-refractivity contribution < 1.29 is 4.39 Å². The van der Waals surface area contributed by atoms with Crippen LogP contribution < -0.4 is 5.32 Å². The summed E-state index contributed by atoms with van der Waals surface area (Å²) in [6, 6.07) is 5.40. The van der Waals surface area contributed by atoms with E-state index >= 15 is 0 Å². The molecular weight excluding hydrogens is 345 g/mol. The van der Waals surface area contributed by atoms with E-state index in [1.807, 2.05) is 13.1 Å². The Labute approximate surface area is 131 Å². The van der Waals surface area contributed by atoms with Crippen molar-refractivity contribution in [2.45, 2.75) is 29.9 Å². The molecule has 1 heterocycles. The lowest BCUT2D eigenvalue weighted by Gasteiger charge is -2.34. The first-order valence-electron chi connectivity index (χ1n) is 6.46. The first-order chi connectivity index (χ1) is 9.11. The topological polar surface area (TPSA) is 12.0 Å². The number of benzene rings is 1. The highest BCUT2D eigenvalue weighted by atomic mass is 79.9. The molecule has 0 saturated carbocycles. The van der Waals surface area contributed by atoms with Gasteiger partial charge in [-0.25, -0.2) is 4.39 Å². The van der Waals surface area contributed by atoms with Gasteiger partial charge in [-0.05, 0) is 31.2 Å². The van der Waals surface area contributed by atoms with Crippen LogP contribution >= 0.6 is 39.5 Å². The van der Waals surface area contributed by atoms with Gasteiger partial charge >= 0.3 is 0 Å². The molecule has 0 amide bonds. The van der Waals surface area contributed by atoms with Crippen molar-refractivity contribution in [1.82, 2.24) is 5.32 Å². The molecule has 0 radical (unpaired) electrons. The largest absolute Gasteiger partial charge is 0.316 e. The Kier molecular flexibility index (Phi) is 6.06. The van der Waals surface area contributed by atoms with Gasteiger partial charge in [0.1, 0.15) is 5.82 Å².